The van der Waals surface area contributed by atoms with Crippen LogP contribution >= 0.6 is 0 Å². The van der Waals surface area contributed by atoms with E-state index >= 15 is 0 Å². The molecule has 0 N–H and O–H groups in total. The molecule has 0 spiro atoms. The highest BCUT2D eigenvalue weighted by atomic mass is 19.4. The molecule has 2 aromatic rings. The van der Waals surface area contributed by atoms with Crippen molar-refractivity contribution in [1.82, 2.24) is 9.55 Å². The third kappa shape index (κ3) is 2.97. The molecule has 0 bridgehead atoms. The summed E-state index contributed by atoms with van der Waals surface area (Å²) < 4.78 is 40.2. The zero-order chi connectivity index (χ0) is 14.8. The normalized spacial score (nSPS) is 12.2. The van der Waals surface area contributed by atoms with Crippen molar-refractivity contribution in [3.63, 3.8) is 0 Å². The SMILES string of the molecule is CCCCCc1nc2ccc(C(F)(F)F)cc2n1CC. The number of aryl methyl sites for hydroxylation is 2. The first-order valence-corrected chi connectivity index (χ1v) is 7.03. The fourth-order valence-corrected chi connectivity index (χ4v) is 2.43. The summed E-state index contributed by atoms with van der Waals surface area (Å²) in [6, 6.07) is 3.77. The van der Waals surface area contributed by atoms with Crippen LogP contribution in [-0.4, -0.2) is 9.55 Å². The van der Waals surface area contributed by atoms with Crippen molar-refractivity contribution in [2.45, 2.75) is 52.3 Å². The van der Waals surface area contributed by atoms with Crippen molar-refractivity contribution in [2.24, 2.45) is 0 Å². The Balaban J connectivity index is 2.41. The predicted molar refractivity (Wildman–Crippen MR) is 73.6 cm³/mol. The van der Waals surface area contributed by atoms with E-state index in [2.05, 4.69) is 11.9 Å². The van der Waals surface area contributed by atoms with Crippen molar-refractivity contribution < 1.29 is 13.2 Å². The summed E-state index contributed by atoms with van der Waals surface area (Å²) in [5.41, 5.74) is 0.611. The molecule has 110 valence electrons. The molecule has 0 aliphatic heterocycles. The molecular formula is C15H19F3N2. The maximum Gasteiger partial charge on any atom is 0.416 e. The van der Waals surface area contributed by atoms with Crippen LogP contribution in [0.4, 0.5) is 13.2 Å². The molecule has 1 aromatic carbocycles. The van der Waals surface area contributed by atoms with Gasteiger partial charge in [-0.25, -0.2) is 4.98 Å². The van der Waals surface area contributed by atoms with E-state index in [0.29, 0.717) is 17.6 Å². The Morgan fingerprint density at radius 1 is 1.15 bits per heavy atom. The fraction of sp³-hybridized carbons (Fsp3) is 0.533. The summed E-state index contributed by atoms with van der Waals surface area (Å²) in [7, 11) is 0. The minimum absolute atomic E-state index is 0.578. The zero-order valence-corrected chi connectivity index (χ0v) is 11.8. The summed E-state index contributed by atoms with van der Waals surface area (Å²) in [6.07, 6.45) is -0.242. The van der Waals surface area contributed by atoms with Gasteiger partial charge in [0.15, 0.2) is 0 Å². The van der Waals surface area contributed by atoms with Crippen LogP contribution < -0.4 is 0 Å². The monoisotopic (exact) mass is 284 g/mol. The molecule has 1 heterocycles. The molecule has 0 fully saturated rings. The predicted octanol–water partition coefficient (Wildman–Crippen LogP) is 4.81. The molecule has 20 heavy (non-hydrogen) atoms. The second kappa shape index (κ2) is 5.85. The summed E-state index contributed by atoms with van der Waals surface area (Å²) in [4.78, 5) is 4.47. The van der Waals surface area contributed by atoms with Gasteiger partial charge in [-0.3, -0.25) is 0 Å². The fourth-order valence-electron chi connectivity index (χ4n) is 2.43. The van der Waals surface area contributed by atoms with Crippen molar-refractivity contribution in [2.75, 3.05) is 0 Å². The summed E-state index contributed by atoms with van der Waals surface area (Å²) in [5, 5.41) is 0. The highest BCUT2D eigenvalue weighted by Gasteiger charge is 2.31. The van der Waals surface area contributed by atoms with Gasteiger partial charge in [0.2, 0.25) is 0 Å². The number of hydrogen-bond donors (Lipinski definition) is 0. The van der Waals surface area contributed by atoms with E-state index in [4.69, 9.17) is 0 Å². The van der Waals surface area contributed by atoms with Crippen molar-refractivity contribution >= 4 is 11.0 Å². The summed E-state index contributed by atoms with van der Waals surface area (Å²) in [6.45, 7) is 4.70. The number of rotatable bonds is 5. The standard InChI is InChI=1S/C15H19F3N2/c1-3-5-6-7-14-19-12-9-8-11(15(16,17)18)10-13(12)20(14)4-2/h8-10H,3-7H2,1-2H3. The molecule has 0 atom stereocenters. The lowest BCUT2D eigenvalue weighted by molar-refractivity contribution is -0.137. The highest BCUT2D eigenvalue weighted by molar-refractivity contribution is 5.77. The molecule has 1 aromatic heterocycles. The number of imidazole rings is 1. The number of alkyl halides is 3. The van der Waals surface area contributed by atoms with Crippen LogP contribution in [0.3, 0.4) is 0 Å². The topological polar surface area (TPSA) is 17.8 Å². The van der Waals surface area contributed by atoms with Crippen molar-refractivity contribution in [3.8, 4) is 0 Å². The molecule has 2 nitrogen and oxygen atoms in total. The number of nitrogens with zero attached hydrogens (tertiary/aromatic N) is 2. The largest absolute Gasteiger partial charge is 0.416 e. The number of unbranched alkanes of at least 4 members (excludes halogenated alkanes) is 2. The quantitative estimate of drug-likeness (QED) is 0.721. The first-order valence-electron chi connectivity index (χ1n) is 7.03. The van der Waals surface area contributed by atoms with Gasteiger partial charge in [0.25, 0.3) is 0 Å². The van der Waals surface area contributed by atoms with Crippen LogP contribution in [0.5, 0.6) is 0 Å². The Hall–Kier alpha value is -1.52. The molecular weight excluding hydrogens is 265 g/mol. The van der Waals surface area contributed by atoms with Crippen LogP contribution in [-0.2, 0) is 19.1 Å². The minimum Gasteiger partial charge on any atom is -0.328 e. The minimum atomic E-state index is -4.31. The third-order valence-corrected chi connectivity index (χ3v) is 3.47. The van der Waals surface area contributed by atoms with Crippen molar-refractivity contribution in [3.05, 3.63) is 29.6 Å². The van der Waals surface area contributed by atoms with E-state index in [9.17, 15) is 13.2 Å². The third-order valence-electron chi connectivity index (χ3n) is 3.47. The van der Waals surface area contributed by atoms with E-state index < -0.39 is 11.7 Å². The van der Waals surface area contributed by atoms with Gasteiger partial charge in [-0.1, -0.05) is 19.8 Å². The maximum atomic E-state index is 12.8. The Bertz CT molecular complexity index is 585. The van der Waals surface area contributed by atoms with E-state index in [1.807, 2.05) is 11.5 Å². The summed E-state index contributed by atoms with van der Waals surface area (Å²) in [5.74, 6) is 0.885. The molecule has 0 aliphatic carbocycles. The average molecular weight is 284 g/mol. The van der Waals surface area contributed by atoms with E-state index in [0.717, 1.165) is 37.6 Å². The van der Waals surface area contributed by atoms with Gasteiger partial charge < -0.3 is 4.57 Å². The van der Waals surface area contributed by atoms with Gasteiger partial charge in [0.1, 0.15) is 5.82 Å². The van der Waals surface area contributed by atoms with Crippen LogP contribution in [0.25, 0.3) is 11.0 Å². The smallest absolute Gasteiger partial charge is 0.328 e. The number of aromatic nitrogens is 2. The lowest BCUT2D eigenvalue weighted by Crippen LogP contribution is -2.06. The number of benzene rings is 1. The van der Waals surface area contributed by atoms with Crippen LogP contribution in [0.15, 0.2) is 18.2 Å². The van der Waals surface area contributed by atoms with Gasteiger partial charge >= 0.3 is 6.18 Å². The first kappa shape index (κ1) is 14.9. The Morgan fingerprint density at radius 2 is 1.90 bits per heavy atom. The molecule has 0 saturated heterocycles. The van der Waals surface area contributed by atoms with Crippen LogP contribution in [0.2, 0.25) is 0 Å². The van der Waals surface area contributed by atoms with Crippen molar-refractivity contribution in [1.29, 1.82) is 0 Å². The Morgan fingerprint density at radius 3 is 2.50 bits per heavy atom. The van der Waals surface area contributed by atoms with Crippen LogP contribution in [0, 0.1) is 0 Å². The van der Waals surface area contributed by atoms with E-state index in [-0.39, 0.29) is 0 Å². The molecule has 0 amide bonds. The van der Waals surface area contributed by atoms with Gasteiger partial charge in [-0.05, 0) is 31.5 Å². The van der Waals surface area contributed by atoms with E-state index in [1.54, 1.807) is 0 Å². The molecule has 2 rings (SSSR count). The second-order valence-electron chi connectivity index (χ2n) is 4.93. The second-order valence-corrected chi connectivity index (χ2v) is 4.93. The van der Waals surface area contributed by atoms with Gasteiger partial charge in [0, 0.05) is 13.0 Å². The number of halogens is 3. The molecule has 0 radical (unpaired) electrons. The zero-order valence-electron chi connectivity index (χ0n) is 11.8. The van der Waals surface area contributed by atoms with Gasteiger partial charge in [0.05, 0.1) is 16.6 Å². The molecule has 0 aliphatic rings. The van der Waals surface area contributed by atoms with E-state index in [1.165, 1.54) is 12.1 Å². The number of fused-ring (bicyclic) bond motifs is 1. The molecule has 0 unspecified atom stereocenters. The lowest BCUT2D eigenvalue weighted by Gasteiger charge is -2.08. The summed E-state index contributed by atoms with van der Waals surface area (Å²) >= 11 is 0. The average Bonchev–Trinajstić information content (AvgIpc) is 2.74. The molecule has 5 heteroatoms. The lowest BCUT2D eigenvalue weighted by atomic mass is 10.2. The first-order chi connectivity index (χ1) is 9.47. The highest BCUT2D eigenvalue weighted by Crippen LogP contribution is 2.31. The van der Waals surface area contributed by atoms with Gasteiger partial charge in [-0.2, -0.15) is 13.2 Å². The Labute approximate surface area is 116 Å². The molecule has 0 saturated carbocycles. The van der Waals surface area contributed by atoms with Crippen LogP contribution in [0.1, 0.15) is 44.5 Å². The van der Waals surface area contributed by atoms with Gasteiger partial charge in [-0.15, -0.1) is 0 Å². The maximum absolute atomic E-state index is 12.8. The Kier molecular flexibility index (Phi) is 4.35. The number of hydrogen-bond acceptors (Lipinski definition) is 1.